The fourth-order valence-corrected chi connectivity index (χ4v) is 2.86. The smallest absolute Gasteiger partial charge is 0.337 e. The van der Waals surface area contributed by atoms with Crippen LogP contribution in [0.25, 0.3) is 0 Å². The number of benzene rings is 2. The van der Waals surface area contributed by atoms with E-state index in [-0.39, 0.29) is 12.4 Å². The number of esters is 1. The number of carbonyl (C=O) groups is 2. The predicted octanol–water partition coefficient (Wildman–Crippen LogP) is 3.21. The summed E-state index contributed by atoms with van der Waals surface area (Å²) in [6.07, 6.45) is 0. The van der Waals surface area contributed by atoms with E-state index >= 15 is 0 Å². The van der Waals surface area contributed by atoms with Crippen LogP contribution in [0.2, 0.25) is 0 Å². The monoisotopic (exact) mass is 370 g/mol. The molecule has 2 N–H and O–H groups in total. The van der Waals surface area contributed by atoms with Gasteiger partial charge in [0.2, 0.25) is 0 Å². The van der Waals surface area contributed by atoms with Crippen LogP contribution in [-0.2, 0) is 16.1 Å². The lowest BCUT2D eigenvalue weighted by molar-refractivity contribution is -0.136. The Labute approximate surface area is 156 Å². The van der Waals surface area contributed by atoms with E-state index in [1.807, 2.05) is 0 Å². The molecule has 0 bridgehead atoms. The molecular weight excluding hydrogens is 351 g/mol. The van der Waals surface area contributed by atoms with Gasteiger partial charge in [-0.05, 0) is 30.7 Å². The molecule has 27 heavy (non-hydrogen) atoms. The second-order valence-corrected chi connectivity index (χ2v) is 6.01. The number of halogens is 1. The molecule has 0 fully saturated rings. The van der Waals surface area contributed by atoms with Crippen molar-refractivity contribution in [2.24, 2.45) is 0 Å². The van der Waals surface area contributed by atoms with E-state index in [0.29, 0.717) is 28.1 Å². The highest BCUT2D eigenvalue weighted by atomic mass is 19.1. The number of hydrogen-bond acceptors (Lipinski definition) is 4. The summed E-state index contributed by atoms with van der Waals surface area (Å²) in [5.74, 6) is -0.303. The molecule has 1 aliphatic heterocycles. The number of hydrogen-bond donors (Lipinski definition) is 2. The van der Waals surface area contributed by atoms with Crippen molar-refractivity contribution in [2.45, 2.75) is 19.6 Å². The molecule has 3 rings (SSSR count). The molecule has 2 aromatic rings. The maximum absolute atomic E-state index is 13.6. The highest BCUT2D eigenvalue weighted by molar-refractivity contribution is 5.94. The minimum atomic E-state index is -0.633. The van der Waals surface area contributed by atoms with Gasteiger partial charge in [0.25, 0.3) is 0 Å². The number of allylic oxidation sites excluding steroid dienone is 1. The molecule has 2 amide bonds. The average molecular weight is 370 g/mol. The van der Waals surface area contributed by atoms with Crippen molar-refractivity contribution < 1.29 is 23.5 Å². The fourth-order valence-electron chi connectivity index (χ4n) is 2.86. The molecule has 0 aliphatic carbocycles. The normalized spacial score (nSPS) is 16.4. The zero-order valence-electron chi connectivity index (χ0n) is 14.9. The van der Waals surface area contributed by atoms with Crippen LogP contribution in [0, 0.1) is 5.82 Å². The first-order valence-electron chi connectivity index (χ1n) is 8.32. The largest absolute Gasteiger partial charge is 0.489 e. The fraction of sp³-hybridized carbons (Fsp3) is 0.200. The van der Waals surface area contributed by atoms with Crippen LogP contribution in [0.1, 0.15) is 24.1 Å². The Bertz CT molecular complexity index is 893. The van der Waals surface area contributed by atoms with Crippen molar-refractivity contribution in [3.8, 4) is 5.75 Å². The van der Waals surface area contributed by atoms with Gasteiger partial charge >= 0.3 is 12.0 Å². The lowest BCUT2D eigenvalue weighted by Crippen LogP contribution is -2.45. The first kappa shape index (κ1) is 18.4. The number of urea groups is 1. The van der Waals surface area contributed by atoms with E-state index < -0.39 is 18.0 Å². The van der Waals surface area contributed by atoms with E-state index in [2.05, 4.69) is 10.6 Å². The van der Waals surface area contributed by atoms with Crippen molar-refractivity contribution >= 4 is 12.0 Å². The summed E-state index contributed by atoms with van der Waals surface area (Å²) < 4.78 is 24.1. The number of rotatable bonds is 5. The van der Waals surface area contributed by atoms with Gasteiger partial charge in [-0.2, -0.15) is 0 Å². The van der Waals surface area contributed by atoms with E-state index in [0.717, 1.165) is 0 Å². The van der Waals surface area contributed by atoms with Crippen LogP contribution >= 0.6 is 0 Å². The summed E-state index contributed by atoms with van der Waals surface area (Å²) in [6, 6.07) is 12.3. The number of carbonyl (C=O) groups excluding carboxylic acids is 2. The summed E-state index contributed by atoms with van der Waals surface area (Å²) in [5, 5.41) is 5.28. The van der Waals surface area contributed by atoms with Gasteiger partial charge in [0.05, 0.1) is 18.7 Å². The van der Waals surface area contributed by atoms with Crippen LogP contribution in [-0.4, -0.2) is 19.1 Å². The second-order valence-electron chi connectivity index (χ2n) is 6.01. The van der Waals surface area contributed by atoms with Gasteiger partial charge in [0.15, 0.2) is 0 Å². The Kier molecular flexibility index (Phi) is 5.40. The summed E-state index contributed by atoms with van der Waals surface area (Å²) in [7, 11) is 1.29. The molecule has 0 saturated heterocycles. The molecule has 2 aromatic carbocycles. The second kappa shape index (κ2) is 7.90. The zero-order valence-corrected chi connectivity index (χ0v) is 14.9. The van der Waals surface area contributed by atoms with Crippen molar-refractivity contribution in [1.82, 2.24) is 10.6 Å². The molecule has 0 saturated carbocycles. The Morgan fingerprint density at radius 1 is 1.15 bits per heavy atom. The Morgan fingerprint density at radius 3 is 2.52 bits per heavy atom. The predicted molar refractivity (Wildman–Crippen MR) is 96.3 cm³/mol. The maximum Gasteiger partial charge on any atom is 0.337 e. The molecule has 1 unspecified atom stereocenters. The van der Waals surface area contributed by atoms with Gasteiger partial charge in [-0.15, -0.1) is 0 Å². The van der Waals surface area contributed by atoms with Gasteiger partial charge < -0.3 is 20.1 Å². The third kappa shape index (κ3) is 4.08. The first-order valence-corrected chi connectivity index (χ1v) is 8.32. The molecule has 0 aromatic heterocycles. The molecule has 1 heterocycles. The Morgan fingerprint density at radius 2 is 1.85 bits per heavy atom. The van der Waals surface area contributed by atoms with Crippen LogP contribution < -0.4 is 15.4 Å². The summed E-state index contributed by atoms with van der Waals surface area (Å²) >= 11 is 0. The van der Waals surface area contributed by atoms with Crippen LogP contribution in [0.4, 0.5) is 9.18 Å². The van der Waals surface area contributed by atoms with Crippen LogP contribution in [0.15, 0.2) is 59.8 Å². The molecular formula is C20H19FN2O4. The molecule has 6 nitrogen and oxygen atoms in total. The van der Waals surface area contributed by atoms with E-state index in [1.54, 1.807) is 49.4 Å². The van der Waals surface area contributed by atoms with Crippen molar-refractivity contribution in [1.29, 1.82) is 0 Å². The van der Waals surface area contributed by atoms with E-state index in [9.17, 15) is 14.0 Å². The number of ether oxygens (including phenoxy) is 2. The average Bonchev–Trinajstić information content (AvgIpc) is 2.66. The van der Waals surface area contributed by atoms with Gasteiger partial charge in [0, 0.05) is 11.3 Å². The number of methoxy groups -OCH3 is 1. The van der Waals surface area contributed by atoms with Crippen molar-refractivity contribution in [3.63, 3.8) is 0 Å². The summed E-state index contributed by atoms with van der Waals surface area (Å²) in [4.78, 5) is 23.9. The van der Waals surface area contributed by atoms with Gasteiger partial charge in [0.1, 0.15) is 18.2 Å². The maximum atomic E-state index is 13.6. The lowest BCUT2D eigenvalue weighted by Gasteiger charge is -2.27. The molecule has 7 heteroatoms. The Hall–Kier alpha value is -3.35. The molecule has 0 radical (unpaired) electrons. The van der Waals surface area contributed by atoms with Gasteiger partial charge in [-0.3, -0.25) is 0 Å². The molecule has 140 valence electrons. The van der Waals surface area contributed by atoms with Crippen LogP contribution in [0.5, 0.6) is 5.75 Å². The molecule has 1 aliphatic rings. The van der Waals surface area contributed by atoms with Crippen molar-refractivity contribution in [2.75, 3.05) is 7.11 Å². The van der Waals surface area contributed by atoms with E-state index in [1.165, 1.54) is 13.2 Å². The zero-order chi connectivity index (χ0) is 19.4. The van der Waals surface area contributed by atoms with E-state index in [4.69, 9.17) is 9.47 Å². The highest BCUT2D eigenvalue weighted by Crippen LogP contribution is 2.28. The third-order valence-electron chi connectivity index (χ3n) is 4.24. The SMILES string of the molecule is COC(=O)C1=C(C)NC(=O)NC1c1ccc(OCc2ccccc2F)cc1. The topological polar surface area (TPSA) is 76.7 Å². The highest BCUT2D eigenvalue weighted by Gasteiger charge is 2.31. The summed E-state index contributed by atoms with van der Waals surface area (Å²) in [5.41, 5.74) is 1.93. The Balaban J connectivity index is 1.77. The number of amides is 2. The summed E-state index contributed by atoms with van der Waals surface area (Å²) in [6.45, 7) is 1.74. The minimum Gasteiger partial charge on any atom is -0.489 e. The first-order chi connectivity index (χ1) is 13.0. The van der Waals surface area contributed by atoms with Crippen molar-refractivity contribution in [3.05, 3.63) is 76.7 Å². The number of nitrogens with one attached hydrogen (secondary N) is 2. The van der Waals surface area contributed by atoms with Gasteiger partial charge in [-0.25, -0.2) is 14.0 Å². The lowest BCUT2D eigenvalue weighted by atomic mass is 9.95. The third-order valence-corrected chi connectivity index (χ3v) is 4.24. The standard InChI is InChI=1S/C20H19FN2O4/c1-12-17(19(24)26-2)18(23-20(25)22-12)13-7-9-15(10-8-13)27-11-14-5-3-4-6-16(14)21/h3-10,18H,11H2,1-2H3,(H2,22,23,25). The quantitative estimate of drug-likeness (QED) is 0.793. The molecule has 0 spiro atoms. The molecule has 1 atom stereocenters. The minimum absolute atomic E-state index is 0.0997. The van der Waals surface area contributed by atoms with Gasteiger partial charge in [-0.1, -0.05) is 30.3 Å². The van der Waals surface area contributed by atoms with Crippen LogP contribution in [0.3, 0.4) is 0 Å².